The third kappa shape index (κ3) is 3.30. The van der Waals surface area contributed by atoms with E-state index in [1.54, 1.807) is 19.1 Å². The van der Waals surface area contributed by atoms with E-state index in [9.17, 15) is 14.9 Å². The van der Waals surface area contributed by atoms with Crippen LogP contribution in [0, 0.1) is 17.0 Å². The number of nitro benzene ring substituents is 1. The van der Waals surface area contributed by atoms with Gasteiger partial charge in [-0.15, -0.1) is 0 Å². The average molecular weight is 363 g/mol. The number of benzene rings is 2. The Morgan fingerprint density at radius 2 is 2.00 bits per heavy atom. The maximum absolute atomic E-state index is 12.4. The molecule has 1 amide bonds. The van der Waals surface area contributed by atoms with E-state index < -0.39 is 4.92 Å². The second-order valence-electron chi connectivity index (χ2n) is 7.11. The van der Waals surface area contributed by atoms with Gasteiger partial charge in [-0.25, -0.2) is 0 Å². The molecule has 27 heavy (non-hydrogen) atoms. The van der Waals surface area contributed by atoms with Crippen LogP contribution in [-0.4, -0.2) is 15.8 Å². The van der Waals surface area contributed by atoms with Gasteiger partial charge in [0.05, 0.1) is 4.92 Å². The number of hydrogen-bond donors (Lipinski definition) is 2. The van der Waals surface area contributed by atoms with Crippen LogP contribution in [0.1, 0.15) is 45.6 Å². The molecular formula is C21H21N3O3. The Labute approximate surface area is 156 Å². The van der Waals surface area contributed by atoms with Gasteiger partial charge < -0.3 is 10.3 Å². The smallest absolute Gasteiger partial charge is 0.273 e. The Hall–Kier alpha value is -3.15. The fourth-order valence-electron chi connectivity index (χ4n) is 3.79. The lowest BCUT2D eigenvalue weighted by Gasteiger charge is -2.11. The molecule has 1 aromatic heterocycles. The number of aromatic amines is 1. The fraction of sp³-hybridized carbons (Fsp3) is 0.286. The van der Waals surface area contributed by atoms with Crippen molar-refractivity contribution < 1.29 is 9.72 Å². The highest BCUT2D eigenvalue weighted by Gasteiger charge is 2.17. The minimum Gasteiger partial charge on any atom is -0.358 e. The summed E-state index contributed by atoms with van der Waals surface area (Å²) in [5, 5.41) is 15.2. The van der Waals surface area contributed by atoms with Crippen LogP contribution in [0.15, 0.2) is 36.4 Å². The van der Waals surface area contributed by atoms with Crippen molar-refractivity contribution in [1.29, 1.82) is 0 Å². The second-order valence-corrected chi connectivity index (χ2v) is 7.11. The van der Waals surface area contributed by atoms with Crippen LogP contribution in [0.4, 0.5) is 5.69 Å². The summed E-state index contributed by atoms with van der Waals surface area (Å²) in [7, 11) is 0. The Morgan fingerprint density at radius 3 is 2.81 bits per heavy atom. The maximum atomic E-state index is 12.4. The van der Waals surface area contributed by atoms with Crippen molar-refractivity contribution in [3.63, 3.8) is 0 Å². The van der Waals surface area contributed by atoms with Gasteiger partial charge in [-0.2, -0.15) is 0 Å². The first-order chi connectivity index (χ1) is 13.0. The van der Waals surface area contributed by atoms with E-state index in [1.165, 1.54) is 35.6 Å². The number of amides is 1. The molecule has 6 nitrogen and oxygen atoms in total. The molecule has 6 heteroatoms. The molecule has 0 aliphatic heterocycles. The number of nitrogens with one attached hydrogen (secondary N) is 2. The number of nitrogens with zero attached hydrogens (tertiary/aromatic N) is 1. The van der Waals surface area contributed by atoms with Gasteiger partial charge in [0.2, 0.25) is 0 Å². The summed E-state index contributed by atoms with van der Waals surface area (Å²) >= 11 is 0. The van der Waals surface area contributed by atoms with Gasteiger partial charge in [0.25, 0.3) is 11.6 Å². The van der Waals surface area contributed by atoms with E-state index >= 15 is 0 Å². The molecule has 0 atom stereocenters. The molecule has 0 bridgehead atoms. The summed E-state index contributed by atoms with van der Waals surface area (Å²) in [6.45, 7) is 2.04. The van der Waals surface area contributed by atoms with E-state index in [-0.39, 0.29) is 11.6 Å². The summed E-state index contributed by atoms with van der Waals surface area (Å²) in [4.78, 5) is 26.5. The molecule has 1 heterocycles. The lowest BCUT2D eigenvalue weighted by atomic mass is 9.95. The molecule has 1 aliphatic rings. The molecule has 3 aromatic rings. The summed E-state index contributed by atoms with van der Waals surface area (Å²) in [5.41, 5.74) is 5.70. The zero-order chi connectivity index (χ0) is 19.0. The summed E-state index contributed by atoms with van der Waals surface area (Å²) < 4.78 is 0. The first kappa shape index (κ1) is 17.3. The average Bonchev–Trinajstić information content (AvgIpc) is 3.04. The van der Waals surface area contributed by atoms with Gasteiger partial charge in [-0.05, 0) is 61.9 Å². The third-order valence-electron chi connectivity index (χ3n) is 5.28. The number of nitro groups is 1. The van der Waals surface area contributed by atoms with Crippen LogP contribution < -0.4 is 5.32 Å². The number of carbonyl (C=O) groups is 1. The second kappa shape index (κ2) is 6.87. The van der Waals surface area contributed by atoms with Crippen LogP contribution in [0.5, 0.6) is 0 Å². The number of fused-ring (bicyclic) bond motifs is 3. The number of H-pyrrole nitrogens is 1. The zero-order valence-corrected chi connectivity index (χ0v) is 15.2. The topological polar surface area (TPSA) is 88.0 Å². The lowest BCUT2D eigenvalue weighted by Crippen LogP contribution is -2.22. The van der Waals surface area contributed by atoms with Crippen molar-refractivity contribution in [3.8, 4) is 0 Å². The number of rotatable bonds is 4. The molecule has 1 aliphatic carbocycles. The van der Waals surface area contributed by atoms with Crippen molar-refractivity contribution in [2.75, 3.05) is 0 Å². The number of hydrogen-bond acceptors (Lipinski definition) is 3. The number of aromatic nitrogens is 1. The minimum absolute atomic E-state index is 0.0389. The van der Waals surface area contributed by atoms with Gasteiger partial charge in [0.15, 0.2) is 0 Å². The Morgan fingerprint density at radius 1 is 1.19 bits per heavy atom. The fourth-order valence-corrected chi connectivity index (χ4v) is 3.79. The Bertz CT molecular complexity index is 1050. The van der Waals surface area contributed by atoms with Crippen molar-refractivity contribution in [2.24, 2.45) is 0 Å². The standard InChI is InChI=1S/C21H21N3O3/c1-13-6-8-15(11-20(13)24(26)27)21(25)22-12-14-7-9-19-17(10-14)16-4-2-3-5-18(16)23-19/h6-11,23H,2-5,12H2,1H3,(H,22,25). The van der Waals surface area contributed by atoms with Crippen LogP contribution in [0.25, 0.3) is 10.9 Å². The number of aryl methyl sites for hydroxylation is 3. The highest BCUT2D eigenvalue weighted by atomic mass is 16.6. The summed E-state index contributed by atoms with van der Waals surface area (Å²) in [6.07, 6.45) is 4.64. The van der Waals surface area contributed by atoms with Crippen molar-refractivity contribution in [1.82, 2.24) is 10.3 Å². The van der Waals surface area contributed by atoms with Gasteiger partial charge in [0.1, 0.15) is 0 Å². The van der Waals surface area contributed by atoms with Crippen LogP contribution in [0.2, 0.25) is 0 Å². The molecule has 2 N–H and O–H groups in total. The first-order valence-electron chi connectivity index (χ1n) is 9.18. The Balaban J connectivity index is 1.52. The van der Waals surface area contributed by atoms with E-state index in [1.807, 2.05) is 6.07 Å². The molecule has 0 saturated carbocycles. The van der Waals surface area contributed by atoms with Gasteiger partial charge >= 0.3 is 0 Å². The monoisotopic (exact) mass is 363 g/mol. The van der Waals surface area contributed by atoms with Crippen molar-refractivity contribution in [3.05, 3.63) is 74.5 Å². The molecule has 0 radical (unpaired) electrons. The van der Waals surface area contributed by atoms with Gasteiger partial charge in [-0.1, -0.05) is 12.1 Å². The lowest BCUT2D eigenvalue weighted by molar-refractivity contribution is -0.385. The van der Waals surface area contributed by atoms with Gasteiger partial charge in [0, 0.05) is 40.3 Å². The molecule has 0 saturated heterocycles. The molecule has 2 aromatic carbocycles. The highest BCUT2D eigenvalue weighted by molar-refractivity contribution is 5.95. The van der Waals surface area contributed by atoms with Crippen LogP contribution in [-0.2, 0) is 19.4 Å². The Kier molecular flexibility index (Phi) is 4.39. The molecular weight excluding hydrogens is 342 g/mol. The molecule has 0 spiro atoms. The molecule has 0 fully saturated rings. The SMILES string of the molecule is Cc1ccc(C(=O)NCc2ccc3[nH]c4c(c3c2)CCCC4)cc1[N+](=O)[O-]. The largest absolute Gasteiger partial charge is 0.358 e. The normalized spacial score (nSPS) is 13.4. The van der Waals surface area contributed by atoms with Crippen LogP contribution in [0.3, 0.4) is 0 Å². The molecule has 0 unspecified atom stereocenters. The predicted octanol–water partition coefficient (Wildman–Crippen LogP) is 4.19. The van der Waals surface area contributed by atoms with Crippen molar-refractivity contribution >= 4 is 22.5 Å². The molecule has 138 valence electrons. The van der Waals surface area contributed by atoms with Crippen molar-refractivity contribution in [2.45, 2.75) is 39.2 Å². The maximum Gasteiger partial charge on any atom is 0.273 e. The van der Waals surface area contributed by atoms with E-state index in [2.05, 4.69) is 22.4 Å². The zero-order valence-electron chi connectivity index (χ0n) is 15.2. The van der Waals surface area contributed by atoms with Crippen LogP contribution >= 0.6 is 0 Å². The predicted molar refractivity (Wildman–Crippen MR) is 104 cm³/mol. The highest BCUT2D eigenvalue weighted by Crippen LogP contribution is 2.29. The summed E-state index contributed by atoms with van der Waals surface area (Å²) in [5.74, 6) is -0.311. The minimum atomic E-state index is -0.463. The molecule has 4 rings (SSSR count). The van der Waals surface area contributed by atoms with E-state index in [4.69, 9.17) is 0 Å². The van der Waals surface area contributed by atoms with E-state index in [0.29, 0.717) is 17.7 Å². The third-order valence-corrected chi connectivity index (χ3v) is 5.28. The summed E-state index contributed by atoms with van der Waals surface area (Å²) in [6, 6.07) is 10.7. The first-order valence-corrected chi connectivity index (χ1v) is 9.18. The van der Waals surface area contributed by atoms with Gasteiger partial charge in [-0.3, -0.25) is 14.9 Å². The quantitative estimate of drug-likeness (QED) is 0.538. The number of carbonyl (C=O) groups excluding carboxylic acids is 1. The van der Waals surface area contributed by atoms with E-state index in [0.717, 1.165) is 23.9 Å².